The third-order valence-electron chi connectivity index (χ3n) is 2.83. The van der Waals surface area contributed by atoms with Crippen molar-refractivity contribution in [3.8, 4) is 0 Å². The largest absolute Gasteiger partial charge is 0.479 e. The summed E-state index contributed by atoms with van der Waals surface area (Å²) in [6.45, 7) is 3.16. The molecule has 1 aliphatic rings. The normalized spacial score (nSPS) is 25.7. The maximum Gasteiger partial charge on any atom is 0.342 e. The second kappa shape index (κ2) is 3.66. The molecule has 15 heavy (non-hydrogen) atoms. The molecule has 0 radical (unpaired) electrons. The summed E-state index contributed by atoms with van der Waals surface area (Å²) in [5.74, 6) is -0.921. The van der Waals surface area contributed by atoms with Gasteiger partial charge in [0.2, 0.25) is 5.60 Å². The van der Waals surface area contributed by atoms with Crippen LogP contribution in [0.15, 0.2) is 12.5 Å². The number of aromatic nitrogens is 2. The lowest BCUT2D eigenvalue weighted by molar-refractivity contribution is -0.162. The van der Waals surface area contributed by atoms with E-state index in [4.69, 9.17) is 4.74 Å². The molecule has 1 unspecified atom stereocenters. The van der Waals surface area contributed by atoms with Crippen LogP contribution >= 0.6 is 0 Å². The van der Waals surface area contributed by atoms with Crippen molar-refractivity contribution in [3.63, 3.8) is 0 Å². The molecular weight excluding hydrogens is 196 g/mol. The highest BCUT2D eigenvalue weighted by Gasteiger charge is 2.46. The number of ether oxygens (including phenoxy) is 1. The van der Waals surface area contributed by atoms with Crippen molar-refractivity contribution in [1.82, 2.24) is 9.55 Å². The monoisotopic (exact) mass is 210 g/mol. The summed E-state index contributed by atoms with van der Waals surface area (Å²) < 4.78 is 7.25. The third-order valence-corrected chi connectivity index (χ3v) is 2.83. The number of hydrogen-bond acceptors (Lipinski definition) is 3. The molecule has 1 N–H and O–H groups in total. The van der Waals surface area contributed by atoms with Crippen LogP contribution in [0.1, 0.15) is 25.5 Å². The Morgan fingerprint density at radius 3 is 3.13 bits per heavy atom. The number of nitrogens with zero attached hydrogens (tertiary/aromatic N) is 2. The zero-order chi connectivity index (χ0) is 10.9. The summed E-state index contributed by atoms with van der Waals surface area (Å²) in [7, 11) is 0. The van der Waals surface area contributed by atoms with E-state index >= 15 is 0 Å². The molecule has 5 nitrogen and oxygen atoms in total. The molecule has 1 aromatic heterocycles. The molecule has 1 aliphatic heterocycles. The molecule has 0 spiro atoms. The van der Waals surface area contributed by atoms with E-state index < -0.39 is 11.6 Å². The van der Waals surface area contributed by atoms with E-state index in [2.05, 4.69) is 4.98 Å². The molecule has 0 amide bonds. The van der Waals surface area contributed by atoms with E-state index in [1.807, 2.05) is 11.5 Å². The molecule has 0 saturated carbocycles. The van der Waals surface area contributed by atoms with Gasteiger partial charge in [0.1, 0.15) is 0 Å². The minimum atomic E-state index is -1.17. The Morgan fingerprint density at radius 1 is 1.80 bits per heavy atom. The zero-order valence-electron chi connectivity index (χ0n) is 8.64. The van der Waals surface area contributed by atoms with Gasteiger partial charge >= 0.3 is 5.97 Å². The molecule has 1 fully saturated rings. The average molecular weight is 210 g/mol. The second-order valence-corrected chi connectivity index (χ2v) is 3.65. The van der Waals surface area contributed by atoms with Gasteiger partial charge in [-0.1, -0.05) is 0 Å². The number of aryl methyl sites for hydroxylation is 1. The van der Waals surface area contributed by atoms with E-state index in [1.165, 1.54) is 0 Å². The first-order valence-corrected chi connectivity index (χ1v) is 5.08. The van der Waals surface area contributed by atoms with Gasteiger partial charge in [-0.2, -0.15) is 0 Å². The molecule has 0 aliphatic carbocycles. The van der Waals surface area contributed by atoms with Gasteiger partial charge in [0.15, 0.2) is 0 Å². The van der Waals surface area contributed by atoms with Crippen molar-refractivity contribution in [2.75, 3.05) is 6.61 Å². The molecule has 0 bridgehead atoms. The maximum absolute atomic E-state index is 11.3. The first-order valence-electron chi connectivity index (χ1n) is 5.08. The zero-order valence-corrected chi connectivity index (χ0v) is 8.64. The molecule has 1 atom stereocenters. The van der Waals surface area contributed by atoms with Crippen LogP contribution in [0.2, 0.25) is 0 Å². The lowest BCUT2D eigenvalue weighted by Crippen LogP contribution is -2.36. The molecule has 5 heteroatoms. The van der Waals surface area contributed by atoms with Crippen LogP contribution in [0.5, 0.6) is 0 Å². The number of carbonyl (C=O) groups is 1. The Kier molecular flexibility index (Phi) is 2.48. The van der Waals surface area contributed by atoms with Crippen LogP contribution < -0.4 is 0 Å². The van der Waals surface area contributed by atoms with E-state index in [0.29, 0.717) is 25.3 Å². The highest BCUT2D eigenvalue weighted by atomic mass is 16.5. The van der Waals surface area contributed by atoms with Crippen molar-refractivity contribution >= 4 is 5.97 Å². The lowest BCUT2D eigenvalue weighted by Gasteiger charge is -2.24. The summed E-state index contributed by atoms with van der Waals surface area (Å²) in [4.78, 5) is 15.3. The predicted octanol–water partition coefficient (Wildman–Crippen LogP) is 0.993. The molecule has 0 aromatic carbocycles. The first-order chi connectivity index (χ1) is 7.20. The van der Waals surface area contributed by atoms with Gasteiger partial charge in [-0.25, -0.2) is 9.78 Å². The Balaban J connectivity index is 2.45. The number of carboxylic acids is 1. The fraction of sp³-hybridized carbons (Fsp3) is 0.600. The topological polar surface area (TPSA) is 64.4 Å². The van der Waals surface area contributed by atoms with Crippen LogP contribution in [0, 0.1) is 0 Å². The SMILES string of the molecule is CCn1cncc1C1(C(=O)O)CCCO1. The highest BCUT2D eigenvalue weighted by molar-refractivity contribution is 5.79. The highest BCUT2D eigenvalue weighted by Crippen LogP contribution is 2.36. The first kappa shape index (κ1) is 10.2. The average Bonchev–Trinajstić information content (AvgIpc) is 2.86. The van der Waals surface area contributed by atoms with Gasteiger partial charge in [-0.05, 0) is 19.8 Å². The molecule has 2 heterocycles. The molecule has 82 valence electrons. The van der Waals surface area contributed by atoms with Gasteiger partial charge in [0.25, 0.3) is 0 Å². The summed E-state index contributed by atoms with van der Waals surface area (Å²) in [5.41, 5.74) is -0.526. The van der Waals surface area contributed by atoms with Crippen LogP contribution in [-0.2, 0) is 21.7 Å². The third kappa shape index (κ3) is 1.43. The van der Waals surface area contributed by atoms with Crippen molar-refractivity contribution in [2.24, 2.45) is 0 Å². The van der Waals surface area contributed by atoms with Crippen molar-refractivity contribution in [2.45, 2.75) is 31.9 Å². The Bertz CT molecular complexity index is 366. The number of rotatable bonds is 3. The summed E-state index contributed by atoms with van der Waals surface area (Å²) in [6, 6.07) is 0. The van der Waals surface area contributed by atoms with E-state index in [-0.39, 0.29) is 0 Å². The number of aliphatic carboxylic acids is 1. The number of hydrogen-bond donors (Lipinski definition) is 1. The van der Waals surface area contributed by atoms with E-state index in [1.54, 1.807) is 12.5 Å². The van der Waals surface area contributed by atoms with Crippen molar-refractivity contribution in [1.29, 1.82) is 0 Å². The van der Waals surface area contributed by atoms with Crippen LogP contribution in [0.4, 0.5) is 0 Å². The summed E-state index contributed by atoms with van der Waals surface area (Å²) in [5, 5.41) is 9.29. The van der Waals surface area contributed by atoms with Crippen LogP contribution in [0.3, 0.4) is 0 Å². The Hall–Kier alpha value is -1.36. The van der Waals surface area contributed by atoms with Gasteiger partial charge < -0.3 is 14.4 Å². The number of imidazole rings is 1. The Morgan fingerprint density at radius 2 is 2.60 bits per heavy atom. The molecule has 1 saturated heterocycles. The second-order valence-electron chi connectivity index (χ2n) is 3.65. The lowest BCUT2D eigenvalue weighted by atomic mass is 9.96. The van der Waals surface area contributed by atoms with Gasteiger partial charge in [0.05, 0.1) is 18.2 Å². The Labute approximate surface area is 87.7 Å². The summed E-state index contributed by atoms with van der Waals surface area (Å²) >= 11 is 0. The minimum absolute atomic E-state index is 0.501. The van der Waals surface area contributed by atoms with E-state index in [0.717, 1.165) is 6.42 Å². The van der Waals surface area contributed by atoms with Gasteiger partial charge in [-0.3, -0.25) is 0 Å². The fourth-order valence-corrected chi connectivity index (χ4v) is 2.03. The smallest absolute Gasteiger partial charge is 0.342 e. The van der Waals surface area contributed by atoms with Crippen LogP contribution in [-0.4, -0.2) is 27.2 Å². The fourth-order valence-electron chi connectivity index (χ4n) is 2.03. The standard InChI is InChI=1S/C10H14N2O3/c1-2-12-7-11-6-8(12)10(9(13)14)4-3-5-15-10/h6-7H,2-5H2,1H3,(H,13,14). The van der Waals surface area contributed by atoms with Crippen molar-refractivity contribution < 1.29 is 14.6 Å². The van der Waals surface area contributed by atoms with Gasteiger partial charge in [-0.15, -0.1) is 0 Å². The minimum Gasteiger partial charge on any atom is -0.479 e. The van der Waals surface area contributed by atoms with E-state index in [9.17, 15) is 9.90 Å². The van der Waals surface area contributed by atoms with Crippen LogP contribution in [0.25, 0.3) is 0 Å². The van der Waals surface area contributed by atoms with Gasteiger partial charge in [0, 0.05) is 13.2 Å². The quantitative estimate of drug-likeness (QED) is 0.808. The molecular formula is C10H14N2O3. The summed E-state index contributed by atoms with van der Waals surface area (Å²) in [6.07, 6.45) is 4.53. The van der Waals surface area contributed by atoms with Crippen molar-refractivity contribution in [3.05, 3.63) is 18.2 Å². The molecule has 2 rings (SSSR count). The molecule has 1 aromatic rings. The number of carboxylic acid groups (broad SMARTS) is 1. The predicted molar refractivity (Wildman–Crippen MR) is 52.4 cm³/mol. The maximum atomic E-state index is 11.3.